The third-order valence-corrected chi connectivity index (χ3v) is 7.63. The number of aromatic nitrogens is 5. The molecule has 2 unspecified atom stereocenters. The normalized spacial score (nSPS) is 19.2. The van der Waals surface area contributed by atoms with Crippen molar-refractivity contribution in [1.29, 1.82) is 0 Å². The van der Waals surface area contributed by atoms with Gasteiger partial charge in [-0.15, -0.1) is 5.10 Å². The van der Waals surface area contributed by atoms with Crippen molar-refractivity contribution in [2.45, 2.75) is 38.5 Å². The van der Waals surface area contributed by atoms with Gasteiger partial charge in [0.15, 0.2) is 5.82 Å². The maximum atomic E-state index is 13.5. The number of para-hydroxylation sites is 2. The summed E-state index contributed by atoms with van der Waals surface area (Å²) in [7, 11) is 1.70. The summed E-state index contributed by atoms with van der Waals surface area (Å²) in [6.07, 6.45) is 2.11. The van der Waals surface area contributed by atoms with Crippen LogP contribution in [0.25, 0.3) is 10.9 Å². The van der Waals surface area contributed by atoms with Crippen LogP contribution in [0.1, 0.15) is 35.8 Å². The van der Waals surface area contributed by atoms with Crippen molar-refractivity contribution >= 4 is 16.6 Å². The maximum Gasteiger partial charge on any atom is 0.253 e. The van der Waals surface area contributed by atoms with Gasteiger partial charge in [-0.3, -0.25) is 9.69 Å². The summed E-state index contributed by atoms with van der Waals surface area (Å²) >= 11 is 0. The smallest absolute Gasteiger partial charge is 0.253 e. The summed E-state index contributed by atoms with van der Waals surface area (Å²) in [6, 6.07) is 15.8. The number of H-pyrrole nitrogens is 1. The number of nitrogens with one attached hydrogen (secondary N) is 1. The third-order valence-electron chi connectivity index (χ3n) is 7.63. The number of piperazine rings is 1. The molecule has 4 aromatic rings. The van der Waals surface area contributed by atoms with E-state index in [1.54, 1.807) is 7.11 Å². The fraction of sp³-hybridized carbons (Fsp3) is 0.429. The van der Waals surface area contributed by atoms with Gasteiger partial charge in [-0.2, -0.15) is 0 Å². The summed E-state index contributed by atoms with van der Waals surface area (Å²) in [5.41, 5.74) is 3.54. The Morgan fingerprint density at radius 2 is 1.97 bits per heavy atom. The van der Waals surface area contributed by atoms with Crippen molar-refractivity contribution in [1.82, 2.24) is 30.1 Å². The SMILES string of the molecule is COc1ccccc1N1CCN(C(c2cc3ccc(C)cc3[nH]c2=O)c2nnnn2CC2CCCO2)CC1. The van der Waals surface area contributed by atoms with Crippen LogP contribution >= 0.6 is 0 Å². The molecule has 0 aliphatic carbocycles. The van der Waals surface area contributed by atoms with E-state index in [9.17, 15) is 4.79 Å². The molecule has 6 rings (SSSR count). The van der Waals surface area contributed by atoms with Crippen molar-refractivity contribution in [3.05, 3.63) is 75.8 Å². The van der Waals surface area contributed by atoms with Crippen molar-refractivity contribution in [2.75, 3.05) is 44.8 Å². The Morgan fingerprint density at radius 1 is 1.13 bits per heavy atom. The van der Waals surface area contributed by atoms with Crippen LogP contribution in [-0.4, -0.2) is 76.1 Å². The van der Waals surface area contributed by atoms with E-state index in [0.717, 1.165) is 73.5 Å². The van der Waals surface area contributed by atoms with Gasteiger partial charge in [-0.1, -0.05) is 24.3 Å². The largest absolute Gasteiger partial charge is 0.495 e. The number of hydrogen-bond donors (Lipinski definition) is 1. The zero-order chi connectivity index (χ0) is 26.1. The second kappa shape index (κ2) is 10.5. The number of pyridine rings is 1. The number of ether oxygens (including phenoxy) is 2. The van der Waals surface area contributed by atoms with E-state index in [1.165, 1.54) is 0 Å². The number of anilines is 1. The van der Waals surface area contributed by atoms with Crippen molar-refractivity contribution in [3.63, 3.8) is 0 Å². The molecule has 4 heterocycles. The number of nitrogens with zero attached hydrogens (tertiary/aromatic N) is 6. The highest BCUT2D eigenvalue weighted by atomic mass is 16.5. The minimum Gasteiger partial charge on any atom is -0.495 e. The summed E-state index contributed by atoms with van der Waals surface area (Å²) in [4.78, 5) is 21.3. The molecule has 0 spiro atoms. The average Bonchev–Trinajstić information content (AvgIpc) is 3.62. The minimum absolute atomic E-state index is 0.0816. The quantitative estimate of drug-likeness (QED) is 0.401. The Bertz CT molecular complexity index is 1470. The summed E-state index contributed by atoms with van der Waals surface area (Å²) in [5.74, 6) is 1.53. The fourth-order valence-electron chi connectivity index (χ4n) is 5.66. The lowest BCUT2D eigenvalue weighted by molar-refractivity contribution is 0.0906. The number of hydrogen-bond acceptors (Lipinski definition) is 8. The monoisotopic (exact) mass is 515 g/mol. The van der Waals surface area contributed by atoms with Gasteiger partial charge < -0.3 is 19.4 Å². The Kier molecular flexibility index (Phi) is 6.82. The van der Waals surface area contributed by atoms with Crippen LogP contribution in [0.3, 0.4) is 0 Å². The number of tetrazole rings is 1. The molecule has 0 bridgehead atoms. The first-order chi connectivity index (χ1) is 18.6. The van der Waals surface area contributed by atoms with Crippen LogP contribution in [0.15, 0.2) is 53.3 Å². The van der Waals surface area contributed by atoms with Crippen molar-refractivity contribution in [3.8, 4) is 5.75 Å². The molecule has 0 amide bonds. The van der Waals surface area contributed by atoms with E-state index in [-0.39, 0.29) is 17.7 Å². The zero-order valence-electron chi connectivity index (χ0n) is 21.8. The molecule has 1 N–H and O–H groups in total. The highest BCUT2D eigenvalue weighted by molar-refractivity contribution is 5.79. The second-order valence-corrected chi connectivity index (χ2v) is 10.1. The van der Waals surface area contributed by atoms with Gasteiger partial charge in [0.05, 0.1) is 25.4 Å². The summed E-state index contributed by atoms with van der Waals surface area (Å²) in [5, 5.41) is 13.8. The molecular formula is C28H33N7O3. The molecule has 0 saturated carbocycles. The number of fused-ring (bicyclic) bond motifs is 1. The molecule has 2 aromatic heterocycles. The lowest BCUT2D eigenvalue weighted by Crippen LogP contribution is -2.49. The standard InChI is InChI=1S/C28H33N7O3/c1-19-9-10-20-17-22(28(36)29-23(20)16-19)26(27-30-31-32-35(27)18-21-6-5-15-38-21)34-13-11-33(12-14-34)24-7-3-4-8-25(24)37-2/h3-4,7-10,16-17,21,26H,5-6,11-15,18H2,1-2H3,(H,29,36). The van der Waals surface area contributed by atoms with E-state index >= 15 is 0 Å². The molecule has 10 nitrogen and oxygen atoms in total. The van der Waals surface area contributed by atoms with Crippen LogP contribution in [-0.2, 0) is 11.3 Å². The molecule has 38 heavy (non-hydrogen) atoms. The number of aryl methyl sites for hydroxylation is 1. The van der Waals surface area contributed by atoms with Gasteiger partial charge in [-0.25, -0.2) is 4.68 Å². The third kappa shape index (κ3) is 4.77. The molecule has 2 aliphatic rings. The van der Waals surface area contributed by atoms with Crippen LogP contribution in [0, 0.1) is 6.92 Å². The molecule has 2 aromatic carbocycles. The molecule has 2 fully saturated rings. The molecule has 2 atom stereocenters. The highest BCUT2D eigenvalue weighted by Crippen LogP contribution is 2.32. The molecule has 198 valence electrons. The minimum atomic E-state index is -0.388. The van der Waals surface area contributed by atoms with Gasteiger partial charge in [0.1, 0.15) is 11.8 Å². The van der Waals surface area contributed by atoms with Gasteiger partial charge >= 0.3 is 0 Å². The molecule has 10 heteroatoms. The van der Waals surface area contributed by atoms with Gasteiger partial charge in [0, 0.05) is 43.9 Å². The Morgan fingerprint density at radius 3 is 2.76 bits per heavy atom. The van der Waals surface area contributed by atoms with Crippen LogP contribution in [0.4, 0.5) is 5.69 Å². The van der Waals surface area contributed by atoms with Gasteiger partial charge in [-0.05, 0) is 65.4 Å². The number of benzene rings is 2. The summed E-state index contributed by atoms with van der Waals surface area (Å²) in [6.45, 7) is 6.41. The molecule has 0 radical (unpaired) electrons. The van der Waals surface area contributed by atoms with E-state index in [2.05, 4.69) is 48.5 Å². The van der Waals surface area contributed by atoms with Crippen LogP contribution in [0.2, 0.25) is 0 Å². The number of methoxy groups -OCH3 is 1. The van der Waals surface area contributed by atoms with E-state index in [4.69, 9.17) is 9.47 Å². The lowest BCUT2D eigenvalue weighted by Gasteiger charge is -2.40. The number of aromatic amines is 1. The van der Waals surface area contributed by atoms with Crippen LogP contribution in [0.5, 0.6) is 5.75 Å². The Balaban J connectivity index is 1.36. The van der Waals surface area contributed by atoms with E-state index in [1.807, 2.05) is 41.9 Å². The molecular weight excluding hydrogens is 482 g/mol. The topological polar surface area (TPSA) is 101 Å². The van der Waals surface area contributed by atoms with E-state index < -0.39 is 0 Å². The number of rotatable bonds is 7. The Hall–Kier alpha value is -3.76. The lowest BCUT2D eigenvalue weighted by atomic mass is 10.0. The first-order valence-electron chi connectivity index (χ1n) is 13.2. The predicted octanol–water partition coefficient (Wildman–Crippen LogP) is 2.92. The first-order valence-corrected chi connectivity index (χ1v) is 13.2. The average molecular weight is 516 g/mol. The van der Waals surface area contributed by atoms with Crippen LogP contribution < -0.4 is 15.2 Å². The predicted molar refractivity (Wildman–Crippen MR) is 145 cm³/mol. The zero-order valence-corrected chi connectivity index (χ0v) is 21.8. The van der Waals surface area contributed by atoms with Crippen molar-refractivity contribution in [2.24, 2.45) is 0 Å². The Labute approximate surface area is 221 Å². The molecule has 2 aliphatic heterocycles. The molecule has 2 saturated heterocycles. The van der Waals surface area contributed by atoms with Gasteiger partial charge in [0.25, 0.3) is 5.56 Å². The van der Waals surface area contributed by atoms with E-state index in [0.29, 0.717) is 17.9 Å². The highest BCUT2D eigenvalue weighted by Gasteiger charge is 2.34. The van der Waals surface area contributed by atoms with Gasteiger partial charge in [0.2, 0.25) is 0 Å². The fourth-order valence-corrected chi connectivity index (χ4v) is 5.66. The van der Waals surface area contributed by atoms with Crippen molar-refractivity contribution < 1.29 is 9.47 Å². The first kappa shape index (κ1) is 24.6. The summed E-state index contributed by atoms with van der Waals surface area (Å²) < 4.78 is 13.3. The second-order valence-electron chi connectivity index (χ2n) is 10.1. The maximum absolute atomic E-state index is 13.5.